The van der Waals surface area contributed by atoms with Gasteiger partial charge < -0.3 is 5.32 Å². The van der Waals surface area contributed by atoms with Crippen molar-refractivity contribution in [2.24, 2.45) is 0 Å². The second-order valence-corrected chi connectivity index (χ2v) is 4.22. The molecule has 2 heterocycles. The first-order chi connectivity index (χ1) is 6.33. The van der Waals surface area contributed by atoms with E-state index < -0.39 is 0 Å². The molecule has 0 radical (unpaired) electrons. The predicted octanol–water partition coefficient (Wildman–Crippen LogP) is 2.82. The number of pyridine rings is 1. The highest BCUT2D eigenvalue weighted by Gasteiger charge is 2.15. The number of hydrogen-bond acceptors (Lipinski definition) is 3. The third kappa shape index (κ3) is 1.63. The van der Waals surface area contributed by atoms with Gasteiger partial charge in [-0.3, -0.25) is 4.98 Å². The molecule has 1 aliphatic rings. The summed E-state index contributed by atoms with van der Waals surface area (Å²) in [6.45, 7) is 1.01. The zero-order valence-electron chi connectivity index (χ0n) is 7.43. The van der Waals surface area contributed by atoms with Gasteiger partial charge in [0.2, 0.25) is 0 Å². The van der Waals surface area contributed by atoms with Gasteiger partial charge in [-0.2, -0.15) is 0 Å². The molecular formula is C9H11ClN2S. The standard InChI is InChI=1S/C9H11ClN2S/c1-13-7-5-12-6-3-2-4-11-9(6)8(7)10/h5,11H,2-4H2,1H3. The topological polar surface area (TPSA) is 24.9 Å². The molecule has 0 saturated carbocycles. The zero-order valence-corrected chi connectivity index (χ0v) is 9.00. The lowest BCUT2D eigenvalue weighted by atomic mass is 10.1. The molecule has 0 atom stereocenters. The van der Waals surface area contributed by atoms with Crippen molar-refractivity contribution in [3.63, 3.8) is 0 Å². The number of nitrogens with zero attached hydrogens (tertiary/aromatic N) is 1. The smallest absolute Gasteiger partial charge is 0.0807 e. The summed E-state index contributed by atoms with van der Waals surface area (Å²) in [5, 5.41) is 4.13. The minimum atomic E-state index is 0.831. The van der Waals surface area contributed by atoms with Crippen LogP contribution >= 0.6 is 23.4 Å². The van der Waals surface area contributed by atoms with Crippen molar-refractivity contribution in [2.45, 2.75) is 17.7 Å². The summed E-state index contributed by atoms with van der Waals surface area (Å²) in [5.74, 6) is 0. The Labute approximate surface area is 87.1 Å². The number of nitrogens with one attached hydrogen (secondary N) is 1. The van der Waals surface area contributed by atoms with Crippen LogP contribution < -0.4 is 5.32 Å². The SMILES string of the molecule is CSc1cnc2c(c1Cl)NCCC2. The quantitative estimate of drug-likeness (QED) is 0.728. The number of rotatable bonds is 1. The maximum atomic E-state index is 6.20. The second-order valence-electron chi connectivity index (χ2n) is 2.99. The Kier molecular flexibility index (Phi) is 2.65. The lowest BCUT2D eigenvalue weighted by Crippen LogP contribution is -2.13. The molecule has 0 aromatic carbocycles. The van der Waals surface area contributed by atoms with E-state index in [2.05, 4.69) is 10.3 Å². The Morgan fingerprint density at radius 1 is 1.62 bits per heavy atom. The number of anilines is 1. The molecule has 1 N–H and O–H groups in total. The normalized spacial score (nSPS) is 14.9. The van der Waals surface area contributed by atoms with Crippen LogP contribution in [0.15, 0.2) is 11.1 Å². The Balaban J connectivity index is 2.48. The fourth-order valence-electron chi connectivity index (χ4n) is 1.49. The molecule has 70 valence electrons. The predicted molar refractivity (Wildman–Crippen MR) is 57.8 cm³/mol. The van der Waals surface area contributed by atoms with Crippen LogP contribution in [0.1, 0.15) is 12.1 Å². The van der Waals surface area contributed by atoms with E-state index >= 15 is 0 Å². The van der Waals surface area contributed by atoms with Gasteiger partial charge in [0.05, 0.1) is 16.4 Å². The van der Waals surface area contributed by atoms with E-state index in [1.165, 1.54) is 0 Å². The average Bonchev–Trinajstić information content (AvgIpc) is 2.19. The van der Waals surface area contributed by atoms with Crippen LogP contribution in [0, 0.1) is 0 Å². The molecule has 0 unspecified atom stereocenters. The van der Waals surface area contributed by atoms with Gasteiger partial charge in [-0.25, -0.2) is 0 Å². The number of hydrogen-bond donors (Lipinski definition) is 1. The molecule has 0 spiro atoms. The summed E-state index contributed by atoms with van der Waals surface area (Å²) in [6.07, 6.45) is 6.06. The zero-order chi connectivity index (χ0) is 9.26. The highest BCUT2D eigenvalue weighted by molar-refractivity contribution is 7.98. The fraction of sp³-hybridized carbons (Fsp3) is 0.444. The first-order valence-electron chi connectivity index (χ1n) is 4.28. The third-order valence-electron chi connectivity index (χ3n) is 2.17. The minimum Gasteiger partial charge on any atom is -0.382 e. The van der Waals surface area contributed by atoms with Gasteiger partial charge in [0, 0.05) is 17.6 Å². The molecule has 0 bridgehead atoms. The Hall–Kier alpha value is -0.410. The molecule has 0 saturated heterocycles. The first kappa shape index (κ1) is 9.16. The molecule has 0 amide bonds. The molecular weight excluding hydrogens is 204 g/mol. The summed E-state index contributed by atoms with van der Waals surface area (Å²) < 4.78 is 0. The second kappa shape index (κ2) is 3.76. The van der Waals surface area contributed by atoms with Crippen molar-refractivity contribution in [1.82, 2.24) is 4.98 Å². The average molecular weight is 215 g/mol. The van der Waals surface area contributed by atoms with Crippen LogP contribution in [0.3, 0.4) is 0 Å². The summed E-state index contributed by atoms with van der Waals surface area (Å²) in [4.78, 5) is 5.43. The lowest BCUT2D eigenvalue weighted by molar-refractivity contribution is 0.798. The van der Waals surface area contributed by atoms with Gasteiger partial charge in [-0.1, -0.05) is 11.6 Å². The largest absolute Gasteiger partial charge is 0.382 e. The molecule has 4 heteroatoms. The highest BCUT2D eigenvalue weighted by Crippen LogP contribution is 2.35. The van der Waals surface area contributed by atoms with Gasteiger partial charge in [0.1, 0.15) is 0 Å². The molecule has 0 fully saturated rings. The Morgan fingerprint density at radius 2 is 2.46 bits per heavy atom. The van der Waals surface area contributed by atoms with Crippen LogP contribution in [0.5, 0.6) is 0 Å². The summed E-state index contributed by atoms with van der Waals surface area (Å²) in [6, 6.07) is 0. The molecule has 2 nitrogen and oxygen atoms in total. The van der Waals surface area contributed by atoms with E-state index in [4.69, 9.17) is 11.6 Å². The Bertz CT molecular complexity index is 328. The summed E-state index contributed by atoms with van der Waals surface area (Å²) in [7, 11) is 0. The minimum absolute atomic E-state index is 0.831. The molecule has 2 rings (SSSR count). The third-order valence-corrected chi connectivity index (χ3v) is 3.43. The van der Waals surface area contributed by atoms with Crippen molar-refractivity contribution in [3.8, 4) is 0 Å². The van der Waals surface area contributed by atoms with Crippen molar-refractivity contribution in [2.75, 3.05) is 18.1 Å². The molecule has 13 heavy (non-hydrogen) atoms. The number of fused-ring (bicyclic) bond motifs is 1. The van der Waals surface area contributed by atoms with Crippen molar-refractivity contribution < 1.29 is 0 Å². The van der Waals surface area contributed by atoms with Crippen LogP contribution in [-0.4, -0.2) is 17.8 Å². The van der Waals surface area contributed by atoms with E-state index in [9.17, 15) is 0 Å². The number of thioether (sulfide) groups is 1. The van der Waals surface area contributed by atoms with Crippen molar-refractivity contribution in [1.29, 1.82) is 0 Å². The molecule has 1 aromatic heterocycles. The van der Waals surface area contributed by atoms with E-state index in [0.717, 1.165) is 40.7 Å². The van der Waals surface area contributed by atoms with E-state index in [1.807, 2.05) is 12.5 Å². The van der Waals surface area contributed by atoms with Gasteiger partial charge in [-0.05, 0) is 19.1 Å². The van der Waals surface area contributed by atoms with E-state index in [0.29, 0.717) is 0 Å². The highest BCUT2D eigenvalue weighted by atomic mass is 35.5. The van der Waals surface area contributed by atoms with Crippen molar-refractivity contribution in [3.05, 3.63) is 16.9 Å². The van der Waals surface area contributed by atoms with Crippen LogP contribution in [0.4, 0.5) is 5.69 Å². The fourth-order valence-corrected chi connectivity index (χ4v) is 2.38. The number of aromatic nitrogens is 1. The van der Waals surface area contributed by atoms with Gasteiger partial charge in [0.15, 0.2) is 0 Å². The monoisotopic (exact) mass is 214 g/mol. The van der Waals surface area contributed by atoms with Gasteiger partial charge in [0.25, 0.3) is 0 Å². The van der Waals surface area contributed by atoms with E-state index in [-0.39, 0.29) is 0 Å². The molecule has 1 aliphatic heterocycles. The van der Waals surface area contributed by atoms with Crippen LogP contribution in [0.25, 0.3) is 0 Å². The first-order valence-corrected chi connectivity index (χ1v) is 5.88. The maximum Gasteiger partial charge on any atom is 0.0807 e. The van der Waals surface area contributed by atoms with Crippen molar-refractivity contribution >= 4 is 29.1 Å². The van der Waals surface area contributed by atoms with E-state index in [1.54, 1.807) is 11.8 Å². The molecule has 0 aliphatic carbocycles. The van der Waals surface area contributed by atoms with Crippen LogP contribution in [0.2, 0.25) is 5.02 Å². The Morgan fingerprint density at radius 3 is 3.23 bits per heavy atom. The maximum absolute atomic E-state index is 6.20. The number of aryl methyl sites for hydroxylation is 1. The van der Waals surface area contributed by atoms with Gasteiger partial charge >= 0.3 is 0 Å². The number of halogens is 1. The summed E-state index contributed by atoms with van der Waals surface area (Å²) >= 11 is 7.84. The summed E-state index contributed by atoms with van der Waals surface area (Å²) in [5.41, 5.74) is 2.15. The van der Waals surface area contributed by atoms with Gasteiger partial charge in [-0.15, -0.1) is 11.8 Å². The molecule has 1 aromatic rings. The lowest BCUT2D eigenvalue weighted by Gasteiger charge is -2.19. The van der Waals surface area contributed by atoms with Crippen LogP contribution in [-0.2, 0) is 6.42 Å².